The Balaban J connectivity index is 2.66. The fourth-order valence-electron chi connectivity index (χ4n) is 2.32. The molecule has 0 radical (unpaired) electrons. The number of carbonyl (C=O) groups is 1. The molecule has 1 amide bonds. The third-order valence-electron chi connectivity index (χ3n) is 2.80. The fraction of sp³-hybridized carbons (Fsp3) is 0.909. The lowest BCUT2D eigenvalue weighted by atomic mass is 9.69. The van der Waals surface area contributed by atoms with Crippen LogP contribution in [0.25, 0.3) is 0 Å². The molecule has 0 unspecified atom stereocenters. The Bertz CT molecular complexity index is 252. The van der Waals surface area contributed by atoms with Crippen LogP contribution >= 0.6 is 0 Å². The second kappa shape index (κ2) is 3.72. The van der Waals surface area contributed by atoms with Crippen LogP contribution in [0.15, 0.2) is 0 Å². The molecule has 1 fully saturated rings. The van der Waals surface area contributed by atoms with Gasteiger partial charge in [-0.05, 0) is 11.8 Å². The molecule has 0 N–H and O–H groups in total. The second-order valence-electron chi connectivity index (χ2n) is 5.78. The van der Waals surface area contributed by atoms with E-state index in [0.717, 1.165) is 0 Å². The van der Waals surface area contributed by atoms with Crippen LogP contribution in [0.1, 0.15) is 34.1 Å². The van der Waals surface area contributed by atoms with E-state index in [1.165, 1.54) is 11.8 Å². The summed E-state index contributed by atoms with van der Waals surface area (Å²) in [4.78, 5) is 12.5. The number of likely N-dealkylation sites (tertiary alicyclic amines) is 1. The van der Waals surface area contributed by atoms with Gasteiger partial charge in [0.1, 0.15) is 0 Å². The average Bonchev–Trinajstić information content (AvgIpc) is 1.92. The molecular weight excluding hydrogens is 200 g/mol. The van der Waals surface area contributed by atoms with E-state index in [1.807, 2.05) is 20.8 Å². The molecule has 0 spiro atoms. The van der Waals surface area contributed by atoms with Gasteiger partial charge in [0.05, 0.1) is 5.41 Å². The minimum atomic E-state index is -2.34. The third-order valence-corrected chi connectivity index (χ3v) is 2.80. The maximum atomic E-state index is 13.0. The molecule has 1 aliphatic rings. The van der Waals surface area contributed by atoms with Crippen molar-refractivity contribution >= 4 is 5.91 Å². The van der Waals surface area contributed by atoms with E-state index < -0.39 is 11.8 Å². The predicted octanol–water partition coefficient (Wildman–Crippen LogP) is 2.54. The summed E-state index contributed by atoms with van der Waals surface area (Å²) < 4.78 is 25.9. The van der Waals surface area contributed by atoms with E-state index >= 15 is 0 Å². The van der Waals surface area contributed by atoms with E-state index in [4.69, 9.17) is 0 Å². The Morgan fingerprint density at radius 1 is 1.40 bits per heavy atom. The average molecular weight is 219 g/mol. The maximum Gasteiger partial charge on any atom is 0.247 e. The number of rotatable bonds is 2. The highest BCUT2D eigenvalue weighted by Crippen LogP contribution is 2.45. The van der Waals surface area contributed by atoms with Crippen LogP contribution < -0.4 is 0 Å². The number of nitrogens with zero attached hydrogens (tertiary/aromatic N) is 1. The normalized spacial score (nSPS) is 20.3. The first-order valence-electron chi connectivity index (χ1n) is 5.20. The molecule has 88 valence electrons. The summed E-state index contributed by atoms with van der Waals surface area (Å²) >= 11 is 0. The summed E-state index contributed by atoms with van der Waals surface area (Å²) in [5.41, 5.74) is -1.09. The molecule has 0 saturated carbocycles. The van der Waals surface area contributed by atoms with Crippen LogP contribution in [0.3, 0.4) is 0 Å². The molecule has 0 aliphatic carbocycles. The summed E-state index contributed by atoms with van der Waals surface area (Å²) in [7, 11) is 0. The molecule has 1 saturated heterocycles. The smallest absolute Gasteiger partial charge is 0.247 e. The van der Waals surface area contributed by atoms with Crippen molar-refractivity contribution in [3.05, 3.63) is 0 Å². The highest BCUT2D eigenvalue weighted by Gasteiger charge is 2.52. The van der Waals surface area contributed by atoms with E-state index in [2.05, 4.69) is 0 Å². The summed E-state index contributed by atoms with van der Waals surface area (Å²) in [6.45, 7) is 7.69. The number of amides is 1. The summed E-state index contributed by atoms with van der Waals surface area (Å²) in [6.07, 6.45) is -1.88. The number of halogens is 2. The SMILES string of the molecule is CC(=O)N1CC(CC(C)(C)C)(C(F)F)C1. The number of hydrogen-bond donors (Lipinski definition) is 0. The molecule has 1 aliphatic heterocycles. The van der Waals surface area contributed by atoms with E-state index in [9.17, 15) is 13.6 Å². The molecule has 1 rings (SSSR count). The van der Waals surface area contributed by atoms with Gasteiger partial charge in [-0.15, -0.1) is 0 Å². The van der Waals surface area contributed by atoms with Crippen LogP contribution in [0.4, 0.5) is 8.78 Å². The monoisotopic (exact) mass is 219 g/mol. The summed E-state index contributed by atoms with van der Waals surface area (Å²) in [5.74, 6) is -0.111. The van der Waals surface area contributed by atoms with Crippen LogP contribution in [0.5, 0.6) is 0 Å². The van der Waals surface area contributed by atoms with Gasteiger partial charge in [0, 0.05) is 20.0 Å². The van der Waals surface area contributed by atoms with Gasteiger partial charge in [-0.2, -0.15) is 0 Å². The van der Waals surface area contributed by atoms with Crippen molar-refractivity contribution in [2.24, 2.45) is 10.8 Å². The molecular formula is C11H19F2NO. The third kappa shape index (κ3) is 2.67. The lowest BCUT2D eigenvalue weighted by Crippen LogP contribution is -2.62. The second-order valence-corrected chi connectivity index (χ2v) is 5.78. The van der Waals surface area contributed by atoms with E-state index in [0.29, 0.717) is 6.42 Å². The largest absolute Gasteiger partial charge is 0.341 e. The zero-order valence-corrected chi connectivity index (χ0v) is 9.81. The van der Waals surface area contributed by atoms with Gasteiger partial charge in [-0.1, -0.05) is 20.8 Å². The first kappa shape index (κ1) is 12.4. The molecule has 2 nitrogen and oxygen atoms in total. The van der Waals surface area contributed by atoms with Gasteiger partial charge in [-0.25, -0.2) is 8.78 Å². The van der Waals surface area contributed by atoms with Gasteiger partial charge in [0.15, 0.2) is 0 Å². The minimum absolute atomic E-state index is 0.111. The molecule has 0 aromatic carbocycles. The van der Waals surface area contributed by atoms with Gasteiger partial charge in [0.25, 0.3) is 0 Å². The van der Waals surface area contributed by atoms with Crippen LogP contribution in [-0.4, -0.2) is 30.3 Å². The molecule has 0 bridgehead atoms. The Hall–Kier alpha value is -0.670. The summed E-state index contributed by atoms with van der Waals surface area (Å²) in [5, 5.41) is 0. The Kier molecular flexibility index (Phi) is 3.08. The van der Waals surface area contributed by atoms with Crippen molar-refractivity contribution in [1.29, 1.82) is 0 Å². The van der Waals surface area contributed by atoms with Gasteiger partial charge < -0.3 is 4.90 Å². The van der Waals surface area contributed by atoms with Gasteiger partial charge in [-0.3, -0.25) is 4.79 Å². The maximum absolute atomic E-state index is 13.0. The van der Waals surface area contributed by atoms with Crippen LogP contribution in [-0.2, 0) is 4.79 Å². The zero-order valence-electron chi connectivity index (χ0n) is 9.81. The van der Waals surface area contributed by atoms with Crippen molar-refractivity contribution in [2.45, 2.75) is 40.5 Å². The Morgan fingerprint density at radius 3 is 2.13 bits per heavy atom. The highest BCUT2D eigenvalue weighted by atomic mass is 19.3. The lowest BCUT2D eigenvalue weighted by Gasteiger charge is -2.51. The highest BCUT2D eigenvalue weighted by molar-refractivity contribution is 5.74. The van der Waals surface area contributed by atoms with Crippen molar-refractivity contribution < 1.29 is 13.6 Å². The number of hydrogen-bond acceptors (Lipinski definition) is 1. The predicted molar refractivity (Wildman–Crippen MR) is 54.8 cm³/mol. The first-order chi connectivity index (χ1) is 6.66. The van der Waals surface area contributed by atoms with Gasteiger partial charge in [0.2, 0.25) is 12.3 Å². The number of carbonyl (C=O) groups excluding carboxylic acids is 1. The molecule has 4 heteroatoms. The molecule has 0 aromatic heterocycles. The minimum Gasteiger partial charge on any atom is -0.341 e. The zero-order chi connectivity index (χ0) is 11.9. The van der Waals surface area contributed by atoms with Crippen LogP contribution in [0.2, 0.25) is 0 Å². The molecule has 1 heterocycles. The Labute approximate surface area is 89.6 Å². The van der Waals surface area contributed by atoms with Crippen molar-refractivity contribution in [3.63, 3.8) is 0 Å². The topological polar surface area (TPSA) is 20.3 Å². The molecule has 15 heavy (non-hydrogen) atoms. The van der Waals surface area contributed by atoms with Crippen molar-refractivity contribution in [2.75, 3.05) is 13.1 Å². The van der Waals surface area contributed by atoms with E-state index in [1.54, 1.807) is 0 Å². The van der Waals surface area contributed by atoms with Crippen molar-refractivity contribution in [1.82, 2.24) is 4.90 Å². The lowest BCUT2D eigenvalue weighted by molar-refractivity contribution is -0.161. The fourth-order valence-corrected chi connectivity index (χ4v) is 2.32. The number of alkyl halides is 2. The standard InChI is InChI=1S/C11H19F2NO/c1-8(15)14-6-11(7-14,9(12)13)5-10(2,3)4/h9H,5-7H2,1-4H3. The van der Waals surface area contributed by atoms with Crippen molar-refractivity contribution in [3.8, 4) is 0 Å². The molecule has 0 atom stereocenters. The summed E-state index contributed by atoms with van der Waals surface area (Å²) in [6, 6.07) is 0. The van der Waals surface area contributed by atoms with Crippen LogP contribution in [0, 0.1) is 10.8 Å². The molecule has 0 aromatic rings. The first-order valence-corrected chi connectivity index (χ1v) is 5.20. The van der Waals surface area contributed by atoms with E-state index in [-0.39, 0.29) is 24.4 Å². The van der Waals surface area contributed by atoms with Gasteiger partial charge >= 0.3 is 0 Å². The Morgan fingerprint density at radius 2 is 1.87 bits per heavy atom. The quantitative estimate of drug-likeness (QED) is 0.699.